The minimum absolute atomic E-state index is 0.224. The Morgan fingerprint density at radius 2 is 1.69 bits per heavy atom. The van der Waals surface area contributed by atoms with Gasteiger partial charge in [-0.2, -0.15) is 0 Å². The molecule has 0 aliphatic rings. The first-order valence-electron chi connectivity index (χ1n) is 10.7. The van der Waals surface area contributed by atoms with Crippen LogP contribution in [0.2, 0.25) is 0 Å². The highest BCUT2D eigenvalue weighted by molar-refractivity contribution is 6.04. The van der Waals surface area contributed by atoms with Crippen molar-refractivity contribution in [2.45, 2.75) is 59.1 Å². The van der Waals surface area contributed by atoms with Gasteiger partial charge in [0.05, 0.1) is 5.39 Å². The van der Waals surface area contributed by atoms with Crippen LogP contribution in [-0.4, -0.2) is 23.7 Å². The molecule has 1 atom stereocenters. The molecule has 1 amide bonds. The highest BCUT2D eigenvalue weighted by Gasteiger charge is 2.26. The number of alkyl carbamates (subject to hydrolysis) is 1. The smallest absolute Gasteiger partial charge is 0.408 e. The fourth-order valence-electron chi connectivity index (χ4n) is 3.31. The fourth-order valence-corrected chi connectivity index (χ4v) is 3.31. The van der Waals surface area contributed by atoms with E-state index in [9.17, 15) is 14.4 Å². The van der Waals surface area contributed by atoms with Crippen LogP contribution in [0, 0.1) is 5.92 Å². The van der Waals surface area contributed by atoms with Gasteiger partial charge in [0.15, 0.2) is 0 Å². The number of nitrogens with one attached hydrogen (secondary N) is 1. The van der Waals surface area contributed by atoms with Crippen molar-refractivity contribution in [3.63, 3.8) is 0 Å². The summed E-state index contributed by atoms with van der Waals surface area (Å²) in [4.78, 5) is 37.4. The van der Waals surface area contributed by atoms with E-state index < -0.39 is 29.3 Å². The normalized spacial score (nSPS) is 12.7. The highest BCUT2D eigenvalue weighted by Crippen LogP contribution is 2.26. The van der Waals surface area contributed by atoms with Gasteiger partial charge in [-0.1, -0.05) is 32.0 Å². The van der Waals surface area contributed by atoms with Crippen molar-refractivity contribution in [1.29, 1.82) is 0 Å². The van der Waals surface area contributed by atoms with E-state index in [1.165, 1.54) is 6.07 Å². The van der Waals surface area contributed by atoms with Crippen molar-refractivity contribution in [2.24, 2.45) is 5.92 Å². The van der Waals surface area contributed by atoms with Crippen LogP contribution in [0.15, 0.2) is 51.7 Å². The Bertz CT molecular complexity index is 1190. The first-order chi connectivity index (χ1) is 15.0. The van der Waals surface area contributed by atoms with Crippen LogP contribution in [0.4, 0.5) is 4.79 Å². The van der Waals surface area contributed by atoms with Crippen LogP contribution < -0.4 is 15.7 Å². The average molecular weight is 440 g/mol. The summed E-state index contributed by atoms with van der Waals surface area (Å²) in [6, 6.07) is 11.2. The SMILES string of the molecule is CC(C)CC[C@H](NC(=O)OC(C)(C)C)C(=O)Oc1ccc2c(c1)oc(=O)c1ccccc12. The first kappa shape index (κ1) is 23.3. The Labute approximate surface area is 186 Å². The summed E-state index contributed by atoms with van der Waals surface area (Å²) in [6.07, 6.45) is 0.441. The number of hydrogen-bond acceptors (Lipinski definition) is 6. The minimum atomic E-state index is -0.869. The molecule has 1 N–H and O–H groups in total. The largest absolute Gasteiger partial charge is 0.444 e. The fraction of sp³-hybridized carbons (Fsp3) is 0.400. The topological polar surface area (TPSA) is 94.8 Å². The number of amides is 1. The van der Waals surface area contributed by atoms with Crippen molar-refractivity contribution in [1.82, 2.24) is 5.32 Å². The quantitative estimate of drug-likeness (QED) is 0.246. The van der Waals surface area contributed by atoms with Gasteiger partial charge in [-0.25, -0.2) is 14.4 Å². The third-order valence-corrected chi connectivity index (χ3v) is 4.82. The van der Waals surface area contributed by atoms with E-state index >= 15 is 0 Å². The predicted octanol–water partition coefficient (Wildman–Crippen LogP) is 5.18. The molecule has 0 aliphatic heterocycles. The average Bonchev–Trinajstić information content (AvgIpc) is 2.69. The maximum Gasteiger partial charge on any atom is 0.408 e. The lowest BCUT2D eigenvalue weighted by Crippen LogP contribution is -2.45. The molecule has 0 unspecified atom stereocenters. The van der Waals surface area contributed by atoms with Crippen molar-refractivity contribution in [3.05, 3.63) is 52.9 Å². The van der Waals surface area contributed by atoms with Crippen molar-refractivity contribution in [2.75, 3.05) is 0 Å². The zero-order valence-corrected chi connectivity index (χ0v) is 19.1. The number of carbonyl (C=O) groups excluding carboxylic acids is 2. The number of fused-ring (bicyclic) bond motifs is 3. The lowest BCUT2D eigenvalue weighted by Gasteiger charge is -2.23. The van der Waals surface area contributed by atoms with Crippen LogP contribution in [0.5, 0.6) is 5.75 Å². The molecular formula is C25H29NO6. The summed E-state index contributed by atoms with van der Waals surface area (Å²) in [7, 11) is 0. The Kier molecular flexibility index (Phi) is 6.87. The standard InChI is InChI=1S/C25H29NO6/c1-15(2)10-13-20(26-24(29)32-25(3,4)5)23(28)30-16-11-12-18-17-8-6-7-9-19(17)22(27)31-21(18)14-16/h6-9,11-12,14-15,20H,10,13H2,1-5H3,(H,26,29)/t20-/m0/s1. The molecule has 170 valence electrons. The first-order valence-corrected chi connectivity index (χ1v) is 10.7. The Morgan fingerprint density at radius 1 is 1.00 bits per heavy atom. The van der Waals surface area contributed by atoms with Crippen LogP contribution in [-0.2, 0) is 9.53 Å². The number of esters is 1. The highest BCUT2D eigenvalue weighted by atomic mass is 16.6. The van der Waals surface area contributed by atoms with Crippen molar-refractivity contribution in [3.8, 4) is 5.75 Å². The molecule has 0 fully saturated rings. The molecule has 2 aromatic carbocycles. The van der Waals surface area contributed by atoms with Gasteiger partial charge in [-0.3, -0.25) is 0 Å². The van der Waals surface area contributed by atoms with Gasteiger partial charge in [0.1, 0.15) is 23.0 Å². The van der Waals surface area contributed by atoms with Crippen LogP contribution in [0.25, 0.3) is 21.7 Å². The molecule has 7 heteroatoms. The van der Waals surface area contributed by atoms with Crippen LogP contribution in [0.3, 0.4) is 0 Å². The molecule has 0 saturated heterocycles. The van der Waals surface area contributed by atoms with E-state index in [0.717, 1.165) is 10.8 Å². The van der Waals surface area contributed by atoms with Crippen LogP contribution in [0.1, 0.15) is 47.5 Å². The van der Waals surface area contributed by atoms with Gasteiger partial charge >= 0.3 is 17.7 Å². The monoisotopic (exact) mass is 439 g/mol. The van der Waals surface area contributed by atoms with E-state index in [-0.39, 0.29) is 5.75 Å². The second kappa shape index (κ2) is 9.42. The summed E-state index contributed by atoms with van der Waals surface area (Å²) < 4.78 is 16.2. The maximum absolute atomic E-state index is 12.9. The summed E-state index contributed by atoms with van der Waals surface area (Å²) in [6.45, 7) is 9.32. The molecule has 3 aromatic rings. The van der Waals surface area contributed by atoms with Crippen LogP contribution >= 0.6 is 0 Å². The summed E-state index contributed by atoms with van der Waals surface area (Å²) in [5.41, 5.74) is -0.828. The summed E-state index contributed by atoms with van der Waals surface area (Å²) in [5.74, 6) is -0.0468. The summed E-state index contributed by atoms with van der Waals surface area (Å²) in [5, 5.41) is 4.60. The van der Waals surface area contributed by atoms with Crippen molar-refractivity contribution < 1.29 is 23.5 Å². The van der Waals surface area contributed by atoms with E-state index in [1.54, 1.807) is 45.0 Å². The lowest BCUT2D eigenvalue weighted by atomic mass is 10.0. The third kappa shape index (κ3) is 5.87. The third-order valence-electron chi connectivity index (χ3n) is 4.82. The van der Waals surface area contributed by atoms with Crippen molar-refractivity contribution >= 4 is 33.8 Å². The maximum atomic E-state index is 12.9. The van der Waals surface area contributed by atoms with E-state index in [1.807, 2.05) is 26.0 Å². The zero-order chi connectivity index (χ0) is 23.5. The van der Waals surface area contributed by atoms with Gasteiger partial charge in [-0.05, 0) is 63.1 Å². The van der Waals surface area contributed by atoms with Gasteiger partial charge in [0.25, 0.3) is 0 Å². The number of benzene rings is 2. The minimum Gasteiger partial charge on any atom is -0.444 e. The van der Waals surface area contributed by atoms with E-state index in [4.69, 9.17) is 13.9 Å². The summed E-state index contributed by atoms with van der Waals surface area (Å²) >= 11 is 0. The Hall–Kier alpha value is -3.35. The Morgan fingerprint density at radius 3 is 2.34 bits per heavy atom. The number of rotatable bonds is 6. The molecule has 0 bridgehead atoms. The van der Waals surface area contributed by atoms with E-state index in [0.29, 0.717) is 29.7 Å². The predicted molar refractivity (Wildman–Crippen MR) is 123 cm³/mol. The second-order valence-electron chi connectivity index (χ2n) is 9.18. The molecule has 3 rings (SSSR count). The zero-order valence-electron chi connectivity index (χ0n) is 19.1. The van der Waals surface area contributed by atoms with E-state index in [2.05, 4.69) is 5.32 Å². The molecule has 0 saturated carbocycles. The van der Waals surface area contributed by atoms with Gasteiger partial charge in [-0.15, -0.1) is 0 Å². The molecular weight excluding hydrogens is 410 g/mol. The molecule has 0 spiro atoms. The molecule has 0 radical (unpaired) electrons. The Balaban J connectivity index is 1.83. The molecule has 32 heavy (non-hydrogen) atoms. The number of ether oxygens (including phenoxy) is 2. The van der Waals surface area contributed by atoms with Gasteiger partial charge in [0, 0.05) is 11.5 Å². The number of carbonyl (C=O) groups is 2. The molecule has 0 aliphatic carbocycles. The molecule has 1 heterocycles. The van der Waals surface area contributed by atoms with Gasteiger partial charge < -0.3 is 19.2 Å². The second-order valence-corrected chi connectivity index (χ2v) is 9.18. The van der Waals surface area contributed by atoms with Gasteiger partial charge in [0.2, 0.25) is 0 Å². The lowest BCUT2D eigenvalue weighted by molar-refractivity contribution is -0.137. The molecule has 1 aromatic heterocycles. The number of hydrogen-bond donors (Lipinski definition) is 1. The molecule has 7 nitrogen and oxygen atoms in total.